The first-order valence-corrected chi connectivity index (χ1v) is 6.42. The van der Waals surface area contributed by atoms with Crippen LogP contribution in [0.15, 0.2) is 0 Å². The molecule has 0 heterocycles. The number of unbranched alkanes of at least 4 members (excludes halogenated alkanes) is 1. The molecule has 2 nitrogen and oxygen atoms in total. The summed E-state index contributed by atoms with van der Waals surface area (Å²) in [6, 6.07) is 0. The van der Waals surface area contributed by atoms with Crippen LogP contribution in [-0.2, 0) is 0 Å². The second-order valence-electron chi connectivity index (χ2n) is 5.17. The van der Waals surface area contributed by atoms with Crippen LogP contribution in [0.3, 0.4) is 0 Å². The fourth-order valence-electron chi connectivity index (χ4n) is 2.91. The van der Waals surface area contributed by atoms with Gasteiger partial charge in [-0.15, -0.1) is 12.3 Å². The topological polar surface area (TPSA) is 23.5 Å². The number of rotatable bonds is 5. The molecule has 92 valence electrons. The molecular weight excluding hydrogens is 198 g/mol. The van der Waals surface area contributed by atoms with E-state index in [-0.39, 0.29) is 11.6 Å². The van der Waals surface area contributed by atoms with Crippen LogP contribution in [0.1, 0.15) is 51.4 Å². The standard InChI is InChI=1S/C14H25NO/c1-4-5-7-10-13(16)14(15(2)3)11-8-6-9-12-14/h1,13,16H,5-12H2,2-3H3. The van der Waals surface area contributed by atoms with Crippen molar-refractivity contribution in [1.82, 2.24) is 4.90 Å². The second kappa shape index (κ2) is 6.27. The van der Waals surface area contributed by atoms with Crippen LogP contribution in [0.4, 0.5) is 0 Å². The molecule has 1 saturated carbocycles. The lowest BCUT2D eigenvalue weighted by molar-refractivity contribution is -0.0361. The summed E-state index contributed by atoms with van der Waals surface area (Å²) in [6.07, 6.45) is 13.6. The Kier molecular flexibility index (Phi) is 5.31. The van der Waals surface area contributed by atoms with E-state index >= 15 is 0 Å². The number of hydrogen-bond acceptors (Lipinski definition) is 2. The van der Waals surface area contributed by atoms with Crippen molar-refractivity contribution < 1.29 is 5.11 Å². The highest BCUT2D eigenvalue weighted by molar-refractivity contribution is 4.97. The van der Waals surface area contributed by atoms with Gasteiger partial charge in [0, 0.05) is 12.0 Å². The van der Waals surface area contributed by atoms with Gasteiger partial charge in [-0.2, -0.15) is 0 Å². The molecular formula is C14H25NO. The monoisotopic (exact) mass is 223 g/mol. The summed E-state index contributed by atoms with van der Waals surface area (Å²) in [4.78, 5) is 2.23. The van der Waals surface area contributed by atoms with Gasteiger partial charge in [0.25, 0.3) is 0 Å². The zero-order valence-electron chi connectivity index (χ0n) is 10.7. The van der Waals surface area contributed by atoms with E-state index in [0.29, 0.717) is 0 Å². The van der Waals surface area contributed by atoms with E-state index in [0.717, 1.165) is 32.1 Å². The highest BCUT2D eigenvalue weighted by Gasteiger charge is 2.40. The first-order valence-electron chi connectivity index (χ1n) is 6.42. The predicted molar refractivity (Wildman–Crippen MR) is 68.2 cm³/mol. The van der Waals surface area contributed by atoms with Crippen LogP contribution in [0.25, 0.3) is 0 Å². The van der Waals surface area contributed by atoms with Gasteiger partial charge in [0.15, 0.2) is 0 Å². The van der Waals surface area contributed by atoms with Crippen LogP contribution in [0, 0.1) is 12.3 Å². The minimum absolute atomic E-state index is 0.00679. The third-order valence-electron chi connectivity index (χ3n) is 4.03. The third kappa shape index (κ3) is 2.99. The molecule has 1 aliphatic carbocycles. The van der Waals surface area contributed by atoms with Gasteiger partial charge in [-0.3, -0.25) is 0 Å². The summed E-state index contributed by atoms with van der Waals surface area (Å²) < 4.78 is 0. The van der Waals surface area contributed by atoms with E-state index in [1.165, 1.54) is 19.3 Å². The smallest absolute Gasteiger partial charge is 0.0724 e. The first-order chi connectivity index (χ1) is 7.63. The SMILES string of the molecule is C#CCCCC(O)C1(N(C)C)CCCCC1. The molecule has 1 rings (SSSR count). The predicted octanol–water partition coefficient (Wildman–Crippen LogP) is 2.42. The molecule has 1 N–H and O–H groups in total. The van der Waals surface area contributed by atoms with Crippen molar-refractivity contribution in [3.8, 4) is 12.3 Å². The summed E-state index contributed by atoms with van der Waals surface area (Å²) in [7, 11) is 4.19. The molecule has 0 bridgehead atoms. The van der Waals surface area contributed by atoms with Gasteiger partial charge in [0.05, 0.1) is 6.10 Å². The molecule has 1 aliphatic rings. The highest BCUT2D eigenvalue weighted by atomic mass is 16.3. The molecule has 1 fully saturated rings. The molecule has 0 saturated heterocycles. The molecule has 0 radical (unpaired) electrons. The Hall–Kier alpha value is -0.520. The Morgan fingerprint density at radius 1 is 1.31 bits per heavy atom. The Labute approximate surface area is 100 Å². The van der Waals surface area contributed by atoms with Gasteiger partial charge in [0.2, 0.25) is 0 Å². The summed E-state index contributed by atoms with van der Waals surface area (Å²) in [5.74, 6) is 2.64. The fourth-order valence-corrected chi connectivity index (χ4v) is 2.91. The quantitative estimate of drug-likeness (QED) is 0.571. The van der Waals surface area contributed by atoms with Crippen molar-refractivity contribution in [3.05, 3.63) is 0 Å². The van der Waals surface area contributed by atoms with E-state index in [4.69, 9.17) is 6.42 Å². The van der Waals surface area contributed by atoms with Crippen LogP contribution in [-0.4, -0.2) is 35.7 Å². The van der Waals surface area contributed by atoms with Crippen LogP contribution >= 0.6 is 0 Å². The molecule has 0 aromatic rings. The zero-order valence-corrected chi connectivity index (χ0v) is 10.7. The average Bonchev–Trinajstić information content (AvgIpc) is 2.30. The largest absolute Gasteiger partial charge is 0.391 e. The molecule has 16 heavy (non-hydrogen) atoms. The Bertz CT molecular complexity index is 236. The summed E-state index contributed by atoms with van der Waals surface area (Å²) >= 11 is 0. The Balaban J connectivity index is 2.58. The summed E-state index contributed by atoms with van der Waals surface area (Å²) in [6.45, 7) is 0. The molecule has 1 unspecified atom stereocenters. The van der Waals surface area contributed by atoms with E-state index in [1.807, 2.05) is 0 Å². The molecule has 2 heteroatoms. The van der Waals surface area contributed by atoms with E-state index in [2.05, 4.69) is 24.9 Å². The van der Waals surface area contributed by atoms with Crippen LogP contribution < -0.4 is 0 Å². The summed E-state index contributed by atoms with van der Waals surface area (Å²) in [5, 5.41) is 10.4. The van der Waals surface area contributed by atoms with Crippen molar-refractivity contribution in [2.45, 2.75) is 63.0 Å². The molecule has 0 aromatic carbocycles. The molecule has 0 aromatic heterocycles. The maximum atomic E-state index is 10.4. The van der Waals surface area contributed by atoms with E-state index < -0.39 is 0 Å². The highest BCUT2D eigenvalue weighted by Crippen LogP contribution is 2.36. The molecule has 0 aliphatic heterocycles. The van der Waals surface area contributed by atoms with Gasteiger partial charge in [0.1, 0.15) is 0 Å². The van der Waals surface area contributed by atoms with E-state index in [1.54, 1.807) is 0 Å². The van der Waals surface area contributed by atoms with Gasteiger partial charge >= 0.3 is 0 Å². The van der Waals surface area contributed by atoms with Gasteiger partial charge in [-0.1, -0.05) is 19.3 Å². The van der Waals surface area contributed by atoms with Crippen molar-refractivity contribution in [2.75, 3.05) is 14.1 Å². The van der Waals surface area contributed by atoms with Crippen molar-refractivity contribution in [1.29, 1.82) is 0 Å². The zero-order chi connectivity index (χ0) is 12.0. The maximum Gasteiger partial charge on any atom is 0.0724 e. The van der Waals surface area contributed by atoms with Gasteiger partial charge in [-0.25, -0.2) is 0 Å². The Morgan fingerprint density at radius 2 is 1.94 bits per heavy atom. The van der Waals surface area contributed by atoms with Gasteiger partial charge < -0.3 is 10.0 Å². The minimum Gasteiger partial charge on any atom is -0.391 e. The number of aliphatic hydroxyl groups is 1. The Morgan fingerprint density at radius 3 is 2.44 bits per heavy atom. The number of hydrogen-bond donors (Lipinski definition) is 1. The fraction of sp³-hybridized carbons (Fsp3) is 0.857. The molecule has 0 amide bonds. The number of terminal acetylenes is 1. The lowest BCUT2D eigenvalue weighted by Crippen LogP contribution is -2.54. The lowest BCUT2D eigenvalue weighted by Gasteiger charge is -2.46. The molecule has 0 spiro atoms. The minimum atomic E-state index is -0.226. The number of nitrogens with zero attached hydrogens (tertiary/aromatic N) is 1. The van der Waals surface area contributed by atoms with Crippen LogP contribution in [0.5, 0.6) is 0 Å². The third-order valence-corrected chi connectivity index (χ3v) is 4.03. The van der Waals surface area contributed by atoms with Crippen molar-refractivity contribution >= 4 is 0 Å². The van der Waals surface area contributed by atoms with Crippen LogP contribution in [0.2, 0.25) is 0 Å². The lowest BCUT2D eigenvalue weighted by atomic mass is 9.75. The van der Waals surface area contributed by atoms with E-state index in [9.17, 15) is 5.11 Å². The average molecular weight is 223 g/mol. The van der Waals surface area contributed by atoms with Crippen molar-refractivity contribution in [3.63, 3.8) is 0 Å². The normalized spacial score (nSPS) is 21.7. The van der Waals surface area contributed by atoms with Gasteiger partial charge in [-0.05, 0) is 39.8 Å². The first kappa shape index (κ1) is 13.5. The number of aliphatic hydroxyl groups excluding tert-OH is 1. The summed E-state index contributed by atoms with van der Waals surface area (Å²) in [5.41, 5.74) is 0.00679. The second-order valence-corrected chi connectivity index (χ2v) is 5.17. The molecule has 1 atom stereocenters. The number of likely N-dealkylation sites (N-methyl/N-ethyl adjacent to an activating group) is 1. The maximum absolute atomic E-state index is 10.4. The van der Waals surface area contributed by atoms with Crippen molar-refractivity contribution in [2.24, 2.45) is 0 Å².